The normalized spacial score (nSPS) is 26.5. The zero-order chi connectivity index (χ0) is 19.3. The lowest BCUT2D eigenvalue weighted by Gasteiger charge is -2.36. The smallest absolute Gasteiger partial charge is 0.394 e. The summed E-state index contributed by atoms with van der Waals surface area (Å²) in [7, 11) is -2.50. The Morgan fingerprint density at radius 1 is 1.19 bits per heavy atom. The number of carbonyl (C=O) groups is 1. The third kappa shape index (κ3) is 6.03. The second-order valence-electron chi connectivity index (χ2n) is 6.67. The topological polar surface area (TPSA) is 124 Å². The highest BCUT2D eigenvalue weighted by Crippen LogP contribution is 2.36. The Labute approximate surface area is 153 Å². The average Bonchev–Trinajstić information content (AvgIpc) is 2.77. The van der Waals surface area contributed by atoms with Gasteiger partial charge < -0.3 is 14.7 Å². The van der Waals surface area contributed by atoms with Gasteiger partial charge >= 0.3 is 16.4 Å². The first-order valence-electron chi connectivity index (χ1n) is 8.47. The number of nitrogens with zero attached hydrogens (tertiary/aromatic N) is 1. The van der Waals surface area contributed by atoms with E-state index in [2.05, 4.69) is 11.9 Å². The van der Waals surface area contributed by atoms with Crippen molar-refractivity contribution >= 4 is 16.4 Å². The first kappa shape index (κ1) is 20.8. The number of aliphatic hydroxyl groups excluding tert-OH is 1. The molecule has 8 nitrogen and oxygen atoms in total. The standard InChI is InChI=1S/C17H23NO3.H2O4S/c1-18-13-7-8-14(18)10-15(9-13)21-17(20)16(11-19)12-5-3-2-4-6-12;1-5(2,3)4/h2-6,13-16,19H,7-11H2,1H3;(H2,1,2,3,4)/t13-,14+,15?,16-;/m0./s1. The minimum Gasteiger partial charge on any atom is -0.462 e. The van der Waals surface area contributed by atoms with Crippen molar-refractivity contribution in [2.75, 3.05) is 13.7 Å². The van der Waals surface area contributed by atoms with Gasteiger partial charge in [0.05, 0.1) is 6.61 Å². The number of aliphatic hydroxyl groups is 1. The monoisotopic (exact) mass is 387 g/mol. The summed E-state index contributed by atoms with van der Waals surface area (Å²) in [6.07, 6.45) is 4.26. The Morgan fingerprint density at radius 2 is 1.69 bits per heavy atom. The maximum Gasteiger partial charge on any atom is 0.394 e. The molecule has 146 valence electrons. The predicted molar refractivity (Wildman–Crippen MR) is 94.1 cm³/mol. The number of ether oxygens (including phenoxy) is 1. The van der Waals surface area contributed by atoms with Crippen molar-refractivity contribution in [3.8, 4) is 0 Å². The molecule has 1 aromatic carbocycles. The van der Waals surface area contributed by atoms with Gasteiger partial charge in [0, 0.05) is 12.1 Å². The number of carbonyl (C=O) groups excluding carboxylic acids is 1. The fraction of sp³-hybridized carbons (Fsp3) is 0.588. The maximum absolute atomic E-state index is 12.4. The van der Waals surface area contributed by atoms with E-state index >= 15 is 0 Å². The molecule has 2 aliphatic rings. The molecule has 0 spiro atoms. The number of rotatable bonds is 4. The lowest BCUT2D eigenvalue weighted by atomic mass is 9.98. The molecule has 2 heterocycles. The molecule has 1 unspecified atom stereocenters. The molecule has 9 heteroatoms. The lowest BCUT2D eigenvalue weighted by Crippen LogP contribution is -2.43. The van der Waals surface area contributed by atoms with Gasteiger partial charge in [-0.25, -0.2) is 0 Å². The van der Waals surface area contributed by atoms with Crippen LogP contribution in [0.15, 0.2) is 30.3 Å². The highest BCUT2D eigenvalue weighted by Gasteiger charge is 2.40. The molecule has 0 aromatic heterocycles. The van der Waals surface area contributed by atoms with Gasteiger partial charge in [0.15, 0.2) is 0 Å². The van der Waals surface area contributed by atoms with Crippen molar-refractivity contribution in [3.63, 3.8) is 0 Å². The van der Waals surface area contributed by atoms with Gasteiger partial charge in [-0.05, 0) is 38.3 Å². The van der Waals surface area contributed by atoms with Crippen LogP contribution >= 0.6 is 0 Å². The molecular weight excluding hydrogens is 362 g/mol. The van der Waals surface area contributed by atoms with Gasteiger partial charge in [-0.1, -0.05) is 30.3 Å². The number of benzene rings is 1. The van der Waals surface area contributed by atoms with Crippen LogP contribution in [0.3, 0.4) is 0 Å². The van der Waals surface area contributed by atoms with Crippen molar-refractivity contribution in [2.45, 2.75) is 49.8 Å². The molecule has 26 heavy (non-hydrogen) atoms. The Hall–Kier alpha value is -1.52. The molecule has 3 N–H and O–H groups in total. The SMILES string of the molecule is CN1[C@@H]2CC[C@H]1CC(OC(=O)[C@@H](CO)c1ccccc1)C2.O=S(=O)(O)O. The number of hydrogen-bond acceptors (Lipinski definition) is 6. The molecule has 3 rings (SSSR count). The fourth-order valence-electron chi connectivity index (χ4n) is 3.71. The summed E-state index contributed by atoms with van der Waals surface area (Å²) in [4.78, 5) is 14.8. The van der Waals surface area contributed by atoms with Gasteiger partial charge in [0.2, 0.25) is 0 Å². The first-order valence-corrected chi connectivity index (χ1v) is 9.87. The van der Waals surface area contributed by atoms with Crippen LogP contribution in [0.5, 0.6) is 0 Å². The van der Waals surface area contributed by atoms with Crippen LogP contribution in [-0.4, -0.2) is 65.3 Å². The average molecular weight is 387 g/mol. The van der Waals surface area contributed by atoms with Gasteiger partial charge in [-0.15, -0.1) is 0 Å². The third-order valence-corrected chi connectivity index (χ3v) is 5.01. The van der Waals surface area contributed by atoms with Crippen LogP contribution < -0.4 is 0 Å². The second-order valence-corrected chi connectivity index (χ2v) is 7.57. The Balaban J connectivity index is 0.000000431. The summed E-state index contributed by atoms with van der Waals surface area (Å²) in [6.45, 7) is -0.206. The van der Waals surface area contributed by atoms with E-state index in [1.807, 2.05) is 30.3 Å². The molecule has 2 aliphatic heterocycles. The molecule has 2 saturated heterocycles. The van der Waals surface area contributed by atoms with Gasteiger partial charge in [0.25, 0.3) is 0 Å². The number of esters is 1. The van der Waals surface area contributed by atoms with Crippen LogP contribution in [-0.2, 0) is 19.9 Å². The zero-order valence-corrected chi connectivity index (χ0v) is 15.4. The van der Waals surface area contributed by atoms with E-state index in [4.69, 9.17) is 22.3 Å². The molecule has 0 saturated carbocycles. The number of hydrogen-bond donors (Lipinski definition) is 3. The van der Waals surface area contributed by atoms with Crippen LogP contribution in [0, 0.1) is 0 Å². The minimum atomic E-state index is -4.67. The van der Waals surface area contributed by atoms with Crippen molar-refractivity contribution in [1.82, 2.24) is 4.90 Å². The molecule has 4 atom stereocenters. The third-order valence-electron chi connectivity index (χ3n) is 5.01. The lowest BCUT2D eigenvalue weighted by molar-refractivity contribution is -0.155. The zero-order valence-electron chi connectivity index (χ0n) is 14.6. The van der Waals surface area contributed by atoms with Crippen LogP contribution in [0.25, 0.3) is 0 Å². The molecular formula is C17H25NO7S. The van der Waals surface area contributed by atoms with E-state index in [1.54, 1.807) is 0 Å². The Bertz CT molecular complexity index is 672. The molecule has 2 bridgehead atoms. The van der Waals surface area contributed by atoms with E-state index in [-0.39, 0.29) is 18.7 Å². The number of piperidine rings is 1. The molecule has 0 aliphatic carbocycles. The first-order chi connectivity index (χ1) is 12.2. The summed E-state index contributed by atoms with van der Waals surface area (Å²) >= 11 is 0. The molecule has 2 fully saturated rings. The van der Waals surface area contributed by atoms with E-state index in [0.29, 0.717) is 12.1 Å². The fourth-order valence-corrected chi connectivity index (χ4v) is 3.71. The van der Waals surface area contributed by atoms with Gasteiger partial charge in [0.1, 0.15) is 12.0 Å². The summed E-state index contributed by atoms with van der Waals surface area (Å²) in [5.41, 5.74) is 0.820. The van der Waals surface area contributed by atoms with Crippen LogP contribution in [0.4, 0.5) is 0 Å². The predicted octanol–water partition coefficient (Wildman–Crippen LogP) is 1.28. The van der Waals surface area contributed by atoms with Gasteiger partial charge in [-0.3, -0.25) is 13.9 Å². The van der Waals surface area contributed by atoms with Crippen LogP contribution in [0.2, 0.25) is 0 Å². The minimum absolute atomic E-state index is 0.00367. The maximum atomic E-state index is 12.4. The molecule has 0 radical (unpaired) electrons. The molecule has 0 amide bonds. The molecule has 1 aromatic rings. The van der Waals surface area contributed by atoms with E-state index < -0.39 is 16.3 Å². The highest BCUT2D eigenvalue weighted by atomic mass is 32.3. The highest BCUT2D eigenvalue weighted by molar-refractivity contribution is 7.79. The number of fused-ring (bicyclic) bond motifs is 2. The van der Waals surface area contributed by atoms with E-state index in [1.165, 1.54) is 12.8 Å². The Kier molecular flexibility index (Phi) is 7.13. The quantitative estimate of drug-likeness (QED) is 0.521. The second kappa shape index (κ2) is 8.92. The summed E-state index contributed by atoms with van der Waals surface area (Å²) in [5.74, 6) is -0.860. The largest absolute Gasteiger partial charge is 0.462 e. The van der Waals surface area contributed by atoms with Crippen molar-refractivity contribution < 1.29 is 32.2 Å². The van der Waals surface area contributed by atoms with Crippen molar-refractivity contribution in [2.24, 2.45) is 0 Å². The van der Waals surface area contributed by atoms with Crippen LogP contribution in [0.1, 0.15) is 37.2 Å². The van der Waals surface area contributed by atoms with E-state index in [0.717, 1.165) is 18.4 Å². The summed E-state index contributed by atoms with van der Waals surface area (Å²) in [6, 6.07) is 10.5. The van der Waals surface area contributed by atoms with Crippen molar-refractivity contribution in [3.05, 3.63) is 35.9 Å². The van der Waals surface area contributed by atoms with Gasteiger partial charge in [-0.2, -0.15) is 8.42 Å². The summed E-state index contributed by atoms with van der Waals surface area (Å²) in [5, 5.41) is 9.53. The summed E-state index contributed by atoms with van der Waals surface area (Å²) < 4.78 is 37.3. The Morgan fingerprint density at radius 3 is 2.15 bits per heavy atom. The van der Waals surface area contributed by atoms with Crippen molar-refractivity contribution in [1.29, 1.82) is 0 Å². The van der Waals surface area contributed by atoms with E-state index in [9.17, 15) is 9.90 Å².